The first-order valence-electron chi connectivity index (χ1n) is 8.53. The first-order chi connectivity index (χ1) is 11.8. The largest absolute Gasteiger partial charge is 0.409 e. The van der Waals surface area contributed by atoms with Crippen LogP contribution >= 0.6 is 30.9 Å². The van der Waals surface area contributed by atoms with Crippen molar-refractivity contribution in [1.29, 1.82) is 0 Å². The summed E-state index contributed by atoms with van der Waals surface area (Å²) in [5.74, 6) is 0. The Labute approximate surface area is 159 Å². The highest BCUT2D eigenvalue weighted by molar-refractivity contribution is 7.51. The van der Waals surface area contributed by atoms with E-state index in [1.165, 1.54) is 0 Å². The molecule has 0 bridgehead atoms. The van der Waals surface area contributed by atoms with Crippen LogP contribution in [0.5, 0.6) is 0 Å². The Hall–Kier alpha value is -0.350. The second-order valence-corrected chi connectivity index (χ2v) is 10.1. The van der Waals surface area contributed by atoms with Crippen LogP contribution in [-0.2, 0) is 13.6 Å². The molecule has 0 aromatic heterocycles. The molecular weight excluding hydrogens is 380 g/mol. The van der Waals surface area contributed by atoms with Gasteiger partial charge in [-0.15, -0.1) is 6.58 Å². The van der Waals surface area contributed by atoms with E-state index in [0.29, 0.717) is 28.8 Å². The Morgan fingerprint density at radius 1 is 1.40 bits per heavy atom. The van der Waals surface area contributed by atoms with Crippen LogP contribution < -0.4 is 0 Å². The summed E-state index contributed by atoms with van der Waals surface area (Å²) >= 11 is 12.8. The van der Waals surface area contributed by atoms with Crippen LogP contribution in [0.25, 0.3) is 0 Å². The normalized spacial score (nSPS) is 32.6. The van der Waals surface area contributed by atoms with Crippen molar-refractivity contribution in [2.75, 3.05) is 13.2 Å². The zero-order chi connectivity index (χ0) is 18.2. The summed E-state index contributed by atoms with van der Waals surface area (Å²) in [7, 11) is -3.42. The van der Waals surface area contributed by atoms with Gasteiger partial charge in [0.15, 0.2) is 0 Å². The molecule has 3 rings (SSSR count). The summed E-state index contributed by atoms with van der Waals surface area (Å²) < 4.78 is 27.4. The van der Waals surface area contributed by atoms with Crippen molar-refractivity contribution in [2.45, 2.75) is 45.3 Å². The molecule has 2 aliphatic heterocycles. The molecule has 0 N–H and O–H groups in total. The summed E-state index contributed by atoms with van der Waals surface area (Å²) in [6, 6.07) is 5.48. The standard InChI is InChI=1S/C18H24Cl2NO3P/c1-4-7-13-8-6-11-21(13)25(22)23-12-18(2,3)17(24-25)16-14(19)9-5-10-15(16)20/h4-5,9-10,13,17H,1,6-8,11-12H2,2-3H3. The van der Waals surface area contributed by atoms with Gasteiger partial charge in [0.25, 0.3) is 0 Å². The third-order valence-corrected chi connectivity index (χ3v) is 7.66. The fourth-order valence-electron chi connectivity index (χ4n) is 3.54. The van der Waals surface area contributed by atoms with Gasteiger partial charge in [-0.05, 0) is 31.4 Å². The summed E-state index contributed by atoms with van der Waals surface area (Å²) in [6.07, 6.45) is 4.04. The molecule has 2 fully saturated rings. The smallest absolute Gasteiger partial charge is 0.296 e. The second kappa shape index (κ2) is 7.34. The third kappa shape index (κ3) is 3.71. The second-order valence-electron chi connectivity index (χ2n) is 7.33. The molecule has 7 heteroatoms. The van der Waals surface area contributed by atoms with Crippen LogP contribution in [0.1, 0.15) is 44.8 Å². The number of benzene rings is 1. The van der Waals surface area contributed by atoms with Crippen molar-refractivity contribution in [1.82, 2.24) is 4.67 Å². The van der Waals surface area contributed by atoms with E-state index in [1.54, 1.807) is 18.2 Å². The van der Waals surface area contributed by atoms with Gasteiger partial charge < -0.3 is 0 Å². The molecule has 25 heavy (non-hydrogen) atoms. The van der Waals surface area contributed by atoms with Crippen molar-refractivity contribution >= 4 is 30.9 Å². The molecule has 1 aromatic carbocycles. The fourth-order valence-corrected chi connectivity index (χ4v) is 6.62. The number of hydrogen-bond acceptors (Lipinski definition) is 3. The molecule has 0 saturated carbocycles. The molecule has 0 amide bonds. The lowest BCUT2D eigenvalue weighted by atomic mass is 9.83. The highest BCUT2D eigenvalue weighted by Crippen LogP contribution is 2.65. The lowest BCUT2D eigenvalue weighted by molar-refractivity contribution is -0.0426. The van der Waals surface area contributed by atoms with E-state index >= 15 is 0 Å². The lowest BCUT2D eigenvalue weighted by Crippen LogP contribution is -2.39. The molecule has 138 valence electrons. The topological polar surface area (TPSA) is 38.8 Å². The maximum absolute atomic E-state index is 13.6. The van der Waals surface area contributed by atoms with Gasteiger partial charge in [0.05, 0.1) is 6.61 Å². The van der Waals surface area contributed by atoms with Crippen molar-refractivity contribution in [3.8, 4) is 0 Å². The number of halogens is 2. The molecule has 0 spiro atoms. The molecule has 2 saturated heterocycles. The Kier molecular flexibility index (Phi) is 5.70. The number of hydrogen-bond donors (Lipinski definition) is 0. The van der Waals surface area contributed by atoms with Crippen molar-refractivity contribution in [3.05, 3.63) is 46.5 Å². The average molecular weight is 404 g/mol. The Morgan fingerprint density at radius 3 is 2.72 bits per heavy atom. The van der Waals surface area contributed by atoms with E-state index < -0.39 is 19.3 Å². The zero-order valence-electron chi connectivity index (χ0n) is 14.6. The zero-order valence-corrected chi connectivity index (χ0v) is 17.0. The van der Waals surface area contributed by atoms with Gasteiger partial charge in [0, 0.05) is 33.6 Å². The molecule has 2 heterocycles. The molecule has 1 aromatic rings. The lowest BCUT2D eigenvalue weighted by Gasteiger charge is -2.45. The minimum absolute atomic E-state index is 0.131. The number of rotatable bonds is 4. The minimum atomic E-state index is -3.42. The van der Waals surface area contributed by atoms with Crippen LogP contribution in [0, 0.1) is 5.41 Å². The van der Waals surface area contributed by atoms with E-state index in [9.17, 15) is 4.57 Å². The molecule has 3 atom stereocenters. The summed E-state index contributed by atoms with van der Waals surface area (Å²) in [4.78, 5) is 0. The maximum atomic E-state index is 13.6. The minimum Gasteiger partial charge on any atom is -0.296 e. The van der Waals surface area contributed by atoms with Gasteiger partial charge in [0.1, 0.15) is 6.10 Å². The first-order valence-corrected chi connectivity index (χ1v) is 10.8. The highest BCUT2D eigenvalue weighted by Gasteiger charge is 2.51. The van der Waals surface area contributed by atoms with Crippen molar-refractivity contribution in [2.24, 2.45) is 5.41 Å². The highest BCUT2D eigenvalue weighted by atomic mass is 35.5. The number of nitrogens with zero attached hydrogens (tertiary/aromatic N) is 1. The molecule has 4 nitrogen and oxygen atoms in total. The van der Waals surface area contributed by atoms with Crippen molar-refractivity contribution in [3.63, 3.8) is 0 Å². The van der Waals surface area contributed by atoms with E-state index in [0.717, 1.165) is 19.3 Å². The van der Waals surface area contributed by atoms with E-state index in [-0.39, 0.29) is 6.04 Å². The van der Waals surface area contributed by atoms with Crippen molar-refractivity contribution < 1.29 is 13.6 Å². The SMILES string of the molecule is C=CCC1CCCN1P1(=O)OCC(C)(C)C(c2c(Cl)cccc2Cl)O1. The molecule has 0 aliphatic carbocycles. The summed E-state index contributed by atoms with van der Waals surface area (Å²) in [5.41, 5.74) is 0.273. The third-order valence-electron chi connectivity index (χ3n) is 4.91. The van der Waals surface area contributed by atoms with Crippen LogP contribution in [-0.4, -0.2) is 23.9 Å². The summed E-state index contributed by atoms with van der Waals surface area (Å²) in [6.45, 7) is 8.82. The van der Waals surface area contributed by atoms with Crippen LogP contribution in [0.15, 0.2) is 30.9 Å². The maximum Gasteiger partial charge on any atom is 0.409 e. The van der Waals surface area contributed by atoms with E-state index in [1.807, 2.05) is 24.6 Å². The monoisotopic (exact) mass is 403 g/mol. The van der Waals surface area contributed by atoms with Crippen LogP contribution in [0.3, 0.4) is 0 Å². The predicted octanol–water partition coefficient (Wildman–Crippen LogP) is 6.26. The predicted molar refractivity (Wildman–Crippen MR) is 102 cm³/mol. The van der Waals surface area contributed by atoms with E-state index in [4.69, 9.17) is 32.2 Å². The van der Waals surface area contributed by atoms with Crippen LogP contribution in [0.4, 0.5) is 0 Å². The Bertz CT molecular complexity index is 689. The average Bonchev–Trinajstić information content (AvgIpc) is 3.01. The molecular formula is C18H24Cl2NO3P. The molecule has 2 aliphatic rings. The Morgan fingerprint density at radius 2 is 2.08 bits per heavy atom. The summed E-state index contributed by atoms with van der Waals surface area (Å²) in [5, 5.41) is 1.03. The van der Waals surface area contributed by atoms with Gasteiger partial charge in [0.2, 0.25) is 0 Å². The van der Waals surface area contributed by atoms with E-state index in [2.05, 4.69) is 6.58 Å². The van der Waals surface area contributed by atoms with Gasteiger partial charge in [-0.1, -0.05) is 49.2 Å². The van der Waals surface area contributed by atoms with Crippen LogP contribution in [0.2, 0.25) is 10.0 Å². The molecule has 0 radical (unpaired) electrons. The van der Waals surface area contributed by atoms with Gasteiger partial charge in [-0.2, -0.15) is 0 Å². The molecule has 3 unspecified atom stereocenters. The van der Waals surface area contributed by atoms with Gasteiger partial charge in [-0.25, -0.2) is 9.24 Å². The first kappa shape index (κ1) is 19.4. The van der Waals surface area contributed by atoms with Gasteiger partial charge in [-0.3, -0.25) is 9.05 Å². The fraction of sp³-hybridized carbons (Fsp3) is 0.556. The Balaban J connectivity index is 1.96. The van der Waals surface area contributed by atoms with Gasteiger partial charge >= 0.3 is 7.75 Å². The quantitative estimate of drug-likeness (QED) is 0.439.